The summed E-state index contributed by atoms with van der Waals surface area (Å²) in [5.41, 5.74) is 0.313. The summed E-state index contributed by atoms with van der Waals surface area (Å²) in [7, 11) is 2.70. The van der Waals surface area contributed by atoms with Gasteiger partial charge in [0.15, 0.2) is 17.6 Å². The fourth-order valence-corrected chi connectivity index (χ4v) is 2.09. The molecule has 0 radical (unpaired) electrons. The van der Waals surface area contributed by atoms with E-state index in [2.05, 4.69) is 4.74 Å². The number of hydrogen-bond donors (Lipinski definition) is 1. The number of ether oxygens (including phenoxy) is 3. The number of halogens is 1. The number of esters is 1. The Morgan fingerprint density at radius 1 is 1.45 bits per heavy atom. The molecule has 1 N–H and O–H groups in total. The van der Waals surface area contributed by atoms with Crippen LogP contribution in [0.15, 0.2) is 12.1 Å². The Morgan fingerprint density at radius 3 is 2.70 bits per heavy atom. The molecule has 5 nitrogen and oxygen atoms in total. The largest absolute Gasteiger partial charge is 0.491 e. The van der Waals surface area contributed by atoms with Crippen molar-refractivity contribution in [3.63, 3.8) is 0 Å². The van der Waals surface area contributed by atoms with Crippen molar-refractivity contribution in [2.45, 2.75) is 18.9 Å². The van der Waals surface area contributed by atoms with E-state index in [4.69, 9.17) is 21.1 Å². The third-order valence-electron chi connectivity index (χ3n) is 3.15. The minimum atomic E-state index is -1.40. The molecular formula is C14H17ClO5. The van der Waals surface area contributed by atoms with Crippen molar-refractivity contribution in [2.75, 3.05) is 20.8 Å². The summed E-state index contributed by atoms with van der Waals surface area (Å²) in [4.78, 5) is 11.4. The van der Waals surface area contributed by atoms with Gasteiger partial charge in [0.25, 0.3) is 0 Å². The van der Waals surface area contributed by atoms with E-state index < -0.39 is 12.1 Å². The van der Waals surface area contributed by atoms with Crippen LogP contribution < -0.4 is 9.47 Å². The summed E-state index contributed by atoms with van der Waals surface area (Å²) in [6, 6.07) is 3.01. The van der Waals surface area contributed by atoms with Crippen LogP contribution in [-0.2, 0) is 9.53 Å². The molecule has 0 aliphatic heterocycles. The van der Waals surface area contributed by atoms with E-state index in [1.54, 1.807) is 6.07 Å². The van der Waals surface area contributed by atoms with Gasteiger partial charge in [-0.1, -0.05) is 11.6 Å². The zero-order valence-corrected chi connectivity index (χ0v) is 12.1. The van der Waals surface area contributed by atoms with Gasteiger partial charge in [-0.2, -0.15) is 0 Å². The lowest BCUT2D eigenvalue weighted by molar-refractivity contribution is -0.150. The molecule has 1 fully saturated rings. The van der Waals surface area contributed by atoms with Crippen LogP contribution in [0.2, 0.25) is 5.02 Å². The molecule has 0 saturated heterocycles. The highest BCUT2D eigenvalue weighted by Gasteiger charge is 2.25. The standard InChI is InChI=1S/C14H17ClO5/c1-18-13-10(15)5-9(12(16)14(17)19-2)6-11(13)20-7-8-3-4-8/h5-6,8,12,16H,3-4,7H2,1-2H3. The van der Waals surface area contributed by atoms with E-state index in [0.29, 0.717) is 29.6 Å². The minimum Gasteiger partial charge on any atom is -0.491 e. The molecule has 0 aromatic heterocycles. The van der Waals surface area contributed by atoms with Crippen LogP contribution >= 0.6 is 11.6 Å². The van der Waals surface area contributed by atoms with E-state index in [1.807, 2.05) is 0 Å². The Labute approximate surface area is 122 Å². The molecule has 20 heavy (non-hydrogen) atoms. The van der Waals surface area contributed by atoms with E-state index in [9.17, 15) is 9.90 Å². The predicted octanol–water partition coefficient (Wildman–Crippen LogP) is 2.34. The van der Waals surface area contributed by atoms with E-state index in [0.717, 1.165) is 12.8 Å². The first kappa shape index (κ1) is 14.9. The number of carbonyl (C=O) groups is 1. The lowest BCUT2D eigenvalue weighted by Crippen LogP contribution is -2.14. The van der Waals surface area contributed by atoms with Crippen molar-refractivity contribution in [1.29, 1.82) is 0 Å². The second kappa shape index (κ2) is 6.33. The average Bonchev–Trinajstić information content (AvgIpc) is 3.27. The summed E-state index contributed by atoms with van der Waals surface area (Å²) in [6.45, 7) is 0.574. The summed E-state index contributed by atoms with van der Waals surface area (Å²) in [6.07, 6.45) is 0.910. The topological polar surface area (TPSA) is 65.0 Å². The second-order valence-electron chi connectivity index (χ2n) is 4.71. The van der Waals surface area contributed by atoms with E-state index in [-0.39, 0.29) is 5.02 Å². The van der Waals surface area contributed by atoms with Crippen molar-refractivity contribution in [3.05, 3.63) is 22.7 Å². The van der Waals surface area contributed by atoms with Gasteiger partial charge in [0.2, 0.25) is 0 Å². The maximum Gasteiger partial charge on any atom is 0.339 e. The SMILES string of the molecule is COC(=O)C(O)c1cc(Cl)c(OC)c(OCC2CC2)c1. The monoisotopic (exact) mass is 300 g/mol. The molecule has 1 aliphatic carbocycles. The Bertz CT molecular complexity index is 499. The Hall–Kier alpha value is -1.46. The van der Waals surface area contributed by atoms with Crippen LogP contribution in [0.5, 0.6) is 11.5 Å². The third kappa shape index (κ3) is 3.35. The highest BCUT2D eigenvalue weighted by atomic mass is 35.5. The molecule has 0 heterocycles. The number of methoxy groups -OCH3 is 2. The Balaban J connectivity index is 2.26. The number of aliphatic hydroxyl groups is 1. The third-order valence-corrected chi connectivity index (χ3v) is 3.43. The first-order valence-electron chi connectivity index (χ1n) is 6.33. The summed E-state index contributed by atoms with van der Waals surface area (Å²) < 4.78 is 15.4. The highest BCUT2D eigenvalue weighted by Crippen LogP contribution is 2.39. The van der Waals surface area contributed by atoms with Crippen LogP contribution in [0.3, 0.4) is 0 Å². The lowest BCUT2D eigenvalue weighted by atomic mass is 10.1. The maximum absolute atomic E-state index is 11.4. The Kier molecular flexibility index (Phi) is 4.73. The summed E-state index contributed by atoms with van der Waals surface area (Å²) in [5, 5.41) is 10.1. The van der Waals surface area contributed by atoms with Crippen molar-refractivity contribution in [3.8, 4) is 11.5 Å². The molecule has 110 valence electrons. The van der Waals surface area contributed by atoms with E-state index >= 15 is 0 Å². The number of rotatable bonds is 6. The average molecular weight is 301 g/mol. The molecule has 1 aliphatic rings. The molecule has 6 heteroatoms. The van der Waals surface area contributed by atoms with Crippen molar-refractivity contribution < 1.29 is 24.1 Å². The van der Waals surface area contributed by atoms with Crippen LogP contribution in [0.4, 0.5) is 0 Å². The van der Waals surface area contributed by atoms with Gasteiger partial charge in [0.05, 0.1) is 25.8 Å². The molecule has 1 saturated carbocycles. The number of aliphatic hydroxyl groups excluding tert-OH is 1. The zero-order valence-electron chi connectivity index (χ0n) is 11.4. The summed E-state index contributed by atoms with van der Waals surface area (Å²) >= 11 is 6.09. The molecular weight excluding hydrogens is 284 g/mol. The first-order valence-corrected chi connectivity index (χ1v) is 6.70. The van der Waals surface area contributed by atoms with Gasteiger partial charge in [-0.15, -0.1) is 0 Å². The van der Waals surface area contributed by atoms with Gasteiger partial charge >= 0.3 is 5.97 Å². The van der Waals surface area contributed by atoms with Gasteiger partial charge in [0, 0.05) is 0 Å². The van der Waals surface area contributed by atoms with Gasteiger partial charge < -0.3 is 19.3 Å². The van der Waals surface area contributed by atoms with E-state index in [1.165, 1.54) is 20.3 Å². The van der Waals surface area contributed by atoms with Crippen molar-refractivity contribution >= 4 is 17.6 Å². The molecule has 0 spiro atoms. The lowest BCUT2D eigenvalue weighted by Gasteiger charge is -2.15. The minimum absolute atomic E-state index is 0.277. The molecule has 1 aromatic rings. The molecule has 0 bridgehead atoms. The van der Waals surface area contributed by atoms with Gasteiger partial charge in [0.1, 0.15) is 0 Å². The maximum atomic E-state index is 11.4. The second-order valence-corrected chi connectivity index (χ2v) is 5.12. The van der Waals surface area contributed by atoms with Crippen LogP contribution in [-0.4, -0.2) is 31.9 Å². The molecule has 1 atom stereocenters. The van der Waals surface area contributed by atoms with Crippen molar-refractivity contribution in [1.82, 2.24) is 0 Å². The molecule has 1 unspecified atom stereocenters. The summed E-state index contributed by atoms with van der Waals surface area (Å²) in [5.74, 6) is 0.630. The fraction of sp³-hybridized carbons (Fsp3) is 0.500. The van der Waals surface area contributed by atoms with Gasteiger partial charge in [-0.25, -0.2) is 4.79 Å². The molecule has 1 aromatic carbocycles. The quantitative estimate of drug-likeness (QED) is 0.817. The van der Waals surface area contributed by atoms with Crippen molar-refractivity contribution in [2.24, 2.45) is 5.92 Å². The smallest absolute Gasteiger partial charge is 0.339 e. The Morgan fingerprint density at radius 2 is 2.15 bits per heavy atom. The first-order chi connectivity index (χ1) is 9.56. The normalized spacial score (nSPS) is 15.6. The zero-order chi connectivity index (χ0) is 14.7. The predicted molar refractivity (Wildman–Crippen MR) is 73.2 cm³/mol. The highest BCUT2D eigenvalue weighted by molar-refractivity contribution is 6.32. The van der Waals surface area contributed by atoms with Gasteiger partial charge in [-0.05, 0) is 36.5 Å². The molecule has 0 amide bonds. The van der Waals surface area contributed by atoms with Crippen LogP contribution in [0.25, 0.3) is 0 Å². The van der Waals surface area contributed by atoms with Gasteiger partial charge in [-0.3, -0.25) is 0 Å². The molecule has 2 rings (SSSR count). The number of hydrogen-bond acceptors (Lipinski definition) is 5. The van der Waals surface area contributed by atoms with Crippen LogP contribution in [0, 0.1) is 5.92 Å². The fourth-order valence-electron chi connectivity index (χ4n) is 1.79. The number of carbonyl (C=O) groups excluding carboxylic acids is 1. The number of benzene rings is 1. The van der Waals surface area contributed by atoms with Crippen LogP contribution in [0.1, 0.15) is 24.5 Å².